The minimum atomic E-state index is 0.0370. The van der Waals surface area contributed by atoms with Crippen molar-refractivity contribution in [2.45, 2.75) is 25.2 Å². The molecule has 2 aromatic rings. The largest absolute Gasteiger partial charge is 0.346 e. The fraction of sp³-hybridized carbons (Fsp3) is 0.357. The van der Waals surface area contributed by atoms with Crippen LogP contribution in [0.2, 0.25) is 5.02 Å². The van der Waals surface area contributed by atoms with Gasteiger partial charge in [-0.3, -0.25) is 0 Å². The summed E-state index contributed by atoms with van der Waals surface area (Å²) in [5.74, 6) is 0.0370. The summed E-state index contributed by atoms with van der Waals surface area (Å²) in [6, 6.07) is 8.41. The molecule has 1 heterocycles. The van der Waals surface area contributed by atoms with E-state index in [0.29, 0.717) is 0 Å². The van der Waals surface area contributed by atoms with Gasteiger partial charge < -0.3 is 4.57 Å². The third kappa shape index (κ3) is 1.46. The average Bonchev–Trinajstić information content (AvgIpc) is 2.63. The highest BCUT2D eigenvalue weighted by Gasteiger charge is 2.26. The van der Waals surface area contributed by atoms with Crippen LogP contribution in [0.25, 0.3) is 10.9 Å². The summed E-state index contributed by atoms with van der Waals surface area (Å²) in [4.78, 5) is 0. The van der Waals surface area contributed by atoms with Gasteiger partial charge in [0, 0.05) is 28.7 Å². The maximum atomic E-state index is 9.25. The van der Waals surface area contributed by atoms with Crippen LogP contribution in [-0.4, -0.2) is 4.57 Å². The topological polar surface area (TPSA) is 28.7 Å². The molecule has 86 valence electrons. The minimum Gasteiger partial charge on any atom is -0.346 e. The molecule has 3 heteroatoms. The predicted octanol–water partition coefficient (Wildman–Crippen LogP) is 3.78. The van der Waals surface area contributed by atoms with Crippen LogP contribution in [0.1, 0.15) is 30.0 Å². The number of benzene rings is 1. The lowest BCUT2D eigenvalue weighted by Gasteiger charge is -2.18. The Kier molecular flexibility index (Phi) is 2.38. The molecule has 1 aromatic carbocycles. The SMILES string of the molecule is Cn1c2c(c3cc(Cl)ccc31)CCCC2C#N. The Balaban J connectivity index is 2.38. The lowest BCUT2D eigenvalue weighted by molar-refractivity contribution is 0.605. The van der Waals surface area contributed by atoms with Gasteiger partial charge in [-0.2, -0.15) is 5.26 Å². The number of hydrogen-bond acceptors (Lipinski definition) is 1. The highest BCUT2D eigenvalue weighted by Crippen LogP contribution is 2.38. The van der Waals surface area contributed by atoms with Crippen molar-refractivity contribution in [1.82, 2.24) is 4.57 Å². The average molecular weight is 245 g/mol. The molecule has 1 aliphatic rings. The van der Waals surface area contributed by atoms with Crippen molar-refractivity contribution >= 4 is 22.5 Å². The van der Waals surface area contributed by atoms with E-state index in [1.165, 1.54) is 22.2 Å². The third-order valence-electron chi connectivity index (χ3n) is 3.72. The summed E-state index contributed by atoms with van der Waals surface area (Å²) in [6.07, 6.45) is 3.13. The van der Waals surface area contributed by atoms with Crippen molar-refractivity contribution < 1.29 is 0 Å². The fourth-order valence-corrected chi connectivity index (χ4v) is 3.14. The van der Waals surface area contributed by atoms with Crippen LogP contribution >= 0.6 is 11.6 Å². The number of halogens is 1. The molecule has 0 saturated carbocycles. The first-order chi connectivity index (χ1) is 8.22. The molecule has 0 fully saturated rings. The molecule has 0 amide bonds. The zero-order valence-corrected chi connectivity index (χ0v) is 10.5. The second-order valence-electron chi connectivity index (χ2n) is 4.66. The second kappa shape index (κ2) is 3.78. The van der Waals surface area contributed by atoms with Crippen molar-refractivity contribution in [2.24, 2.45) is 7.05 Å². The maximum absolute atomic E-state index is 9.25. The van der Waals surface area contributed by atoms with E-state index < -0.39 is 0 Å². The first-order valence-corrected chi connectivity index (χ1v) is 6.26. The van der Waals surface area contributed by atoms with Gasteiger partial charge in [-0.1, -0.05) is 11.6 Å². The van der Waals surface area contributed by atoms with Crippen LogP contribution in [0, 0.1) is 11.3 Å². The van der Waals surface area contributed by atoms with Gasteiger partial charge in [-0.05, 0) is 43.0 Å². The number of aryl methyl sites for hydroxylation is 2. The van der Waals surface area contributed by atoms with E-state index in [1.807, 2.05) is 25.2 Å². The van der Waals surface area contributed by atoms with Gasteiger partial charge in [0.15, 0.2) is 0 Å². The second-order valence-corrected chi connectivity index (χ2v) is 5.09. The van der Waals surface area contributed by atoms with E-state index in [-0.39, 0.29) is 5.92 Å². The quantitative estimate of drug-likeness (QED) is 0.693. The molecular formula is C14H13ClN2. The Hall–Kier alpha value is -1.46. The molecule has 0 bridgehead atoms. The van der Waals surface area contributed by atoms with Crippen molar-refractivity contribution in [1.29, 1.82) is 5.26 Å². The molecule has 17 heavy (non-hydrogen) atoms. The van der Waals surface area contributed by atoms with Crippen LogP contribution in [0.4, 0.5) is 0 Å². The number of rotatable bonds is 0. The van der Waals surface area contributed by atoms with E-state index in [2.05, 4.69) is 10.6 Å². The number of fused-ring (bicyclic) bond motifs is 3. The van der Waals surface area contributed by atoms with E-state index in [4.69, 9.17) is 11.6 Å². The number of nitriles is 1. The van der Waals surface area contributed by atoms with E-state index >= 15 is 0 Å². The summed E-state index contributed by atoms with van der Waals surface area (Å²) >= 11 is 6.07. The van der Waals surface area contributed by atoms with Crippen LogP contribution in [-0.2, 0) is 13.5 Å². The van der Waals surface area contributed by atoms with Gasteiger partial charge >= 0.3 is 0 Å². The minimum absolute atomic E-state index is 0.0370. The maximum Gasteiger partial charge on any atom is 0.0867 e. The number of hydrogen-bond donors (Lipinski definition) is 0. The Labute approximate surface area is 105 Å². The zero-order chi connectivity index (χ0) is 12.0. The van der Waals surface area contributed by atoms with E-state index in [1.54, 1.807) is 0 Å². The predicted molar refractivity (Wildman–Crippen MR) is 69.2 cm³/mol. The van der Waals surface area contributed by atoms with E-state index in [9.17, 15) is 5.26 Å². The number of nitrogens with zero attached hydrogens (tertiary/aromatic N) is 2. The molecule has 1 aliphatic carbocycles. The Morgan fingerprint density at radius 1 is 1.47 bits per heavy atom. The van der Waals surface area contributed by atoms with Crippen molar-refractivity contribution in [3.8, 4) is 6.07 Å². The van der Waals surface area contributed by atoms with Crippen LogP contribution in [0.15, 0.2) is 18.2 Å². The molecule has 2 nitrogen and oxygen atoms in total. The van der Waals surface area contributed by atoms with Crippen LogP contribution in [0.5, 0.6) is 0 Å². The smallest absolute Gasteiger partial charge is 0.0867 e. The van der Waals surface area contributed by atoms with Crippen molar-refractivity contribution in [3.63, 3.8) is 0 Å². The standard InChI is InChI=1S/C14H13ClN2/c1-17-13-6-5-10(15)7-12(13)11-4-2-3-9(8-16)14(11)17/h5-7,9H,2-4H2,1H3. The highest BCUT2D eigenvalue weighted by atomic mass is 35.5. The molecule has 1 atom stereocenters. The van der Waals surface area contributed by atoms with Gasteiger partial charge in [0.1, 0.15) is 0 Å². The molecule has 1 unspecified atom stereocenters. The van der Waals surface area contributed by atoms with Gasteiger partial charge in [-0.25, -0.2) is 0 Å². The normalized spacial score (nSPS) is 19.0. The Morgan fingerprint density at radius 2 is 2.29 bits per heavy atom. The molecule has 0 spiro atoms. The first-order valence-electron chi connectivity index (χ1n) is 5.88. The van der Waals surface area contributed by atoms with Gasteiger partial charge in [-0.15, -0.1) is 0 Å². The lowest BCUT2D eigenvalue weighted by atomic mass is 9.87. The highest BCUT2D eigenvalue weighted by molar-refractivity contribution is 6.31. The first kappa shape index (κ1) is 10.7. The van der Waals surface area contributed by atoms with Crippen LogP contribution in [0.3, 0.4) is 0 Å². The Bertz CT molecular complexity index is 634. The fourth-order valence-electron chi connectivity index (χ4n) is 2.96. The summed E-state index contributed by atoms with van der Waals surface area (Å²) in [6.45, 7) is 0. The van der Waals surface area contributed by atoms with Gasteiger partial charge in [0.25, 0.3) is 0 Å². The molecule has 0 saturated heterocycles. The van der Waals surface area contributed by atoms with Gasteiger partial charge in [0.05, 0.1) is 12.0 Å². The summed E-state index contributed by atoms with van der Waals surface area (Å²) in [5.41, 5.74) is 3.69. The molecule has 1 aromatic heterocycles. The van der Waals surface area contributed by atoms with Crippen molar-refractivity contribution in [2.75, 3.05) is 0 Å². The molecular weight excluding hydrogens is 232 g/mol. The van der Waals surface area contributed by atoms with E-state index in [0.717, 1.165) is 24.3 Å². The molecule has 3 rings (SSSR count). The summed E-state index contributed by atoms with van der Waals surface area (Å²) < 4.78 is 2.16. The molecule has 0 radical (unpaired) electrons. The monoisotopic (exact) mass is 244 g/mol. The zero-order valence-electron chi connectivity index (χ0n) is 9.70. The summed E-state index contributed by atoms with van der Waals surface area (Å²) in [7, 11) is 2.05. The summed E-state index contributed by atoms with van der Waals surface area (Å²) in [5, 5.41) is 11.2. The molecule has 0 aliphatic heterocycles. The Morgan fingerprint density at radius 3 is 3.06 bits per heavy atom. The van der Waals surface area contributed by atoms with Crippen LogP contribution < -0.4 is 0 Å². The molecule has 0 N–H and O–H groups in total. The lowest BCUT2D eigenvalue weighted by Crippen LogP contribution is -2.10. The number of aromatic nitrogens is 1. The van der Waals surface area contributed by atoms with Gasteiger partial charge in [0.2, 0.25) is 0 Å². The van der Waals surface area contributed by atoms with Crippen molar-refractivity contribution in [3.05, 3.63) is 34.5 Å². The third-order valence-corrected chi connectivity index (χ3v) is 3.96.